The van der Waals surface area contributed by atoms with Crippen LogP contribution in [0.2, 0.25) is 10.0 Å². The van der Waals surface area contributed by atoms with E-state index in [1.165, 1.54) is 11.8 Å². The summed E-state index contributed by atoms with van der Waals surface area (Å²) in [7, 11) is 1.82. The van der Waals surface area contributed by atoms with Crippen LogP contribution in [0.4, 0.5) is 5.69 Å². The zero-order valence-corrected chi connectivity index (χ0v) is 15.7. The van der Waals surface area contributed by atoms with Crippen LogP contribution in [0.25, 0.3) is 11.6 Å². The van der Waals surface area contributed by atoms with Gasteiger partial charge < -0.3 is 14.3 Å². The van der Waals surface area contributed by atoms with Gasteiger partial charge in [-0.25, -0.2) is 0 Å². The Hall–Kier alpha value is -1.96. The van der Waals surface area contributed by atoms with Crippen molar-refractivity contribution < 1.29 is 9.21 Å². The maximum absolute atomic E-state index is 12.4. The molecule has 6 nitrogen and oxygen atoms in total. The molecule has 2 heterocycles. The smallest absolute Gasteiger partial charge is 0.237 e. The molecule has 0 saturated heterocycles. The van der Waals surface area contributed by atoms with Crippen molar-refractivity contribution in [3.05, 3.63) is 46.6 Å². The van der Waals surface area contributed by atoms with Crippen LogP contribution in [0.1, 0.15) is 6.92 Å². The van der Waals surface area contributed by atoms with Crippen LogP contribution in [-0.2, 0) is 11.8 Å². The third-order valence-corrected chi connectivity index (χ3v) is 5.11. The lowest BCUT2D eigenvalue weighted by molar-refractivity contribution is -0.115. The largest absolute Gasteiger partial charge is 0.461 e. The van der Waals surface area contributed by atoms with Crippen molar-refractivity contribution >= 4 is 46.6 Å². The summed E-state index contributed by atoms with van der Waals surface area (Å²) in [4.78, 5) is 12.4. The molecule has 130 valence electrons. The molecule has 0 aliphatic rings. The Morgan fingerprint density at radius 1 is 1.32 bits per heavy atom. The minimum absolute atomic E-state index is 0.211. The highest BCUT2D eigenvalue weighted by Crippen LogP contribution is 2.29. The zero-order chi connectivity index (χ0) is 18.0. The molecular formula is C16H14Cl2N4O2S. The van der Waals surface area contributed by atoms with Crippen LogP contribution in [0.3, 0.4) is 0 Å². The highest BCUT2D eigenvalue weighted by Gasteiger charge is 2.21. The van der Waals surface area contributed by atoms with Gasteiger partial charge in [-0.1, -0.05) is 35.0 Å². The number of thioether (sulfide) groups is 1. The molecule has 0 bridgehead atoms. The van der Waals surface area contributed by atoms with E-state index in [2.05, 4.69) is 15.5 Å². The lowest BCUT2D eigenvalue weighted by Gasteiger charge is -2.12. The maximum atomic E-state index is 12.4. The van der Waals surface area contributed by atoms with Crippen LogP contribution in [-0.4, -0.2) is 25.9 Å². The van der Waals surface area contributed by atoms with Crippen molar-refractivity contribution in [3.63, 3.8) is 0 Å². The summed E-state index contributed by atoms with van der Waals surface area (Å²) in [6.07, 6.45) is 1.57. The van der Waals surface area contributed by atoms with E-state index in [9.17, 15) is 4.79 Å². The maximum Gasteiger partial charge on any atom is 0.237 e. The normalized spacial score (nSPS) is 12.2. The number of carbonyl (C=O) groups excluding carboxylic acids is 1. The molecule has 0 saturated carbocycles. The summed E-state index contributed by atoms with van der Waals surface area (Å²) in [5, 5.41) is 12.1. The standard InChI is InChI=1S/C16H14Cl2N4O2S/c1-9(15(23)19-12-8-10(17)5-6-11(12)18)25-16-21-20-14(22(16)2)13-4-3-7-24-13/h3-9H,1-2H3,(H,19,23)/t9-/m0/s1. The van der Waals surface area contributed by atoms with Crippen LogP contribution >= 0.6 is 35.0 Å². The van der Waals surface area contributed by atoms with Crippen LogP contribution < -0.4 is 5.32 Å². The fourth-order valence-electron chi connectivity index (χ4n) is 2.08. The third kappa shape index (κ3) is 4.00. The summed E-state index contributed by atoms with van der Waals surface area (Å²) in [5.74, 6) is 0.999. The van der Waals surface area contributed by atoms with Gasteiger partial charge in [0.2, 0.25) is 5.91 Å². The minimum atomic E-state index is -0.414. The molecule has 0 unspecified atom stereocenters. The van der Waals surface area contributed by atoms with Crippen molar-refractivity contribution in [1.82, 2.24) is 14.8 Å². The molecule has 1 aromatic carbocycles. The number of furan rings is 1. The van der Waals surface area contributed by atoms with Crippen molar-refractivity contribution in [2.24, 2.45) is 7.05 Å². The number of halogens is 2. The van der Waals surface area contributed by atoms with E-state index in [1.807, 2.05) is 7.05 Å². The minimum Gasteiger partial charge on any atom is -0.461 e. The summed E-state index contributed by atoms with van der Waals surface area (Å²) >= 11 is 13.3. The summed E-state index contributed by atoms with van der Waals surface area (Å²) in [6, 6.07) is 8.48. The Bertz CT molecular complexity index is 896. The van der Waals surface area contributed by atoms with Gasteiger partial charge in [-0.05, 0) is 37.3 Å². The second-order valence-corrected chi connectivity index (χ2v) is 7.37. The summed E-state index contributed by atoms with van der Waals surface area (Å²) in [5.41, 5.74) is 0.473. The molecule has 2 aromatic heterocycles. The van der Waals surface area contributed by atoms with E-state index in [0.717, 1.165) is 0 Å². The molecule has 3 aromatic rings. The second-order valence-electron chi connectivity index (χ2n) is 5.22. The number of nitrogens with one attached hydrogen (secondary N) is 1. The first-order chi connectivity index (χ1) is 12.0. The molecule has 1 atom stereocenters. The van der Waals surface area contributed by atoms with E-state index in [4.69, 9.17) is 27.6 Å². The molecular weight excluding hydrogens is 383 g/mol. The topological polar surface area (TPSA) is 73.0 Å². The second kappa shape index (κ2) is 7.51. The Kier molecular flexibility index (Phi) is 5.36. The molecule has 0 fully saturated rings. The number of nitrogens with zero attached hydrogens (tertiary/aromatic N) is 3. The molecule has 1 amide bonds. The van der Waals surface area contributed by atoms with Gasteiger partial charge in [0, 0.05) is 12.1 Å². The van der Waals surface area contributed by atoms with E-state index < -0.39 is 5.25 Å². The average molecular weight is 397 g/mol. The summed E-state index contributed by atoms with van der Waals surface area (Å²) in [6.45, 7) is 1.78. The van der Waals surface area contributed by atoms with Crippen molar-refractivity contribution in [2.45, 2.75) is 17.3 Å². The predicted octanol–water partition coefficient (Wildman–Crippen LogP) is 4.50. The Morgan fingerprint density at radius 2 is 2.12 bits per heavy atom. The lowest BCUT2D eigenvalue weighted by atomic mass is 10.3. The number of hydrogen-bond donors (Lipinski definition) is 1. The number of hydrogen-bond acceptors (Lipinski definition) is 5. The number of benzene rings is 1. The Morgan fingerprint density at radius 3 is 2.84 bits per heavy atom. The number of aromatic nitrogens is 3. The number of anilines is 1. The fraction of sp³-hybridized carbons (Fsp3) is 0.188. The Labute approximate surface area is 158 Å². The highest BCUT2D eigenvalue weighted by atomic mass is 35.5. The lowest BCUT2D eigenvalue weighted by Crippen LogP contribution is -2.23. The van der Waals surface area contributed by atoms with Crippen LogP contribution in [0.15, 0.2) is 46.2 Å². The van der Waals surface area contributed by atoms with Crippen molar-refractivity contribution in [2.75, 3.05) is 5.32 Å². The van der Waals surface area contributed by atoms with Crippen molar-refractivity contribution in [1.29, 1.82) is 0 Å². The molecule has 0 spiro atoms. The fourth-order valence-corrected chi connectivity index (χ4v) is 3.23. The van der Waals surface area contributed by atoms with E-state index >= 15 is 0 Å². The monoisotopic (exact) mass is 396 g/mol. The Balaban J connectivity index is 1.71. The quantitative estimate of drug-likeness (QED) is 0.642. The van der Waals surface area contributed by atoms with E-state index in [-0.39, 0.29) is 5.91 Å². The molecule has 0 aliphatic carbocycles. The van der Waals surface area contributed by atoms with Crippen LogP contribution in [0.5, 0.6) is 0 Å². The van der Waals surface area contributed by atoms with Gasteiger partial charge in [0.1, 0.15) is 0 Å². The molecule has 9 heteroatoms. The summed E-state index contributed by atoms with van der Waals surface area (Å²) < 4.78 is 7.11. The molecule has 25 heavy (non-hydrogen) atoms. The van der Waals surface area contributed by atoms with Gasteiger partial charge in [-0.15, -0.1) is 10.2 Å². The van der Waals surface area contributed by atoms with Gasteiger partial charge in [0.05, 0.1) is 22.2 Å². The van der Waals surface area contributed by atoms with Crippen LogP contribution in [0, 0.1) is 0 Å². The molecule has 0 radical (unpaired) electrons. The van der Waals surface area contributed by atoms with Gasteiger partial charge in [-0.2, -0.15) is 0 Å². The van der Waals surface area contributed by atoms with Gasteiger partial charge in [-0.3, -0.25) is 4.79 Å². The number of amides is 1. The van der Waals surface area contributed by atoms with Gasteiger partial charge in [0.15, 0.2) is 16.7 Å². The van der Waals surface area contributed by atoms with Gasteiger partial charge in [0.25, 0.3) is 0 Å². The zero-order valence-electron chi connectivity index (χ0n) is 13.4. The SMILES string of the molecule is C[C@H](Sc1nnc(-c2ccco2)n1C)C(=O)Nc1cc(Cl)ccc1Cl. The van der Waals surface area contributed by atoms with Gasteiger partial charge >= 0.3 is 0 Å². The highest BCUT2D eigenvalue weighted by molar-refractivity contribution is 8.00. The van der Waals surface area contributed by atoms with Crippen molar-refractivity contribution in [3.8, 4) is 11.6 Å². The van der Waals surface area contributed by atoms with E-state index in [1.54, 1.807) is 48.1 Å². The third-order valence-electron chi connectivity index (χ3n) is 3.41. The number of rotatable bonds is 5. The molecule has 1 N–H and O–H groups in total. The molecule has 3 rings (SSSR count). The average Bonchev–Trinajstić information content (AvgIpc) is 3.21. The first-order valence-corrected chi connectivity index (χ1v) is 8.95. The predicted molar refractivity (Wildman–Crippen MR) is 99.1 cm³/mol. The number of carbonyl (C=O) groups is 1. The van der Waals surface area contributed by atoms with E-state index in [0.29, 0.717) is 32.5 Å². The molecule has 0 aliphatic heterocycles. The first kappa shape index (κ1) is 17.8. The first-order valence-electron chi connectivity index (χ1n) is 7.31.